The number of carbonyl (C=O) groups excluding carboxylic acids is 1. The Hall–Kier alpha value is -3.92. The number of hydrogen-bond acceptors (Lipinski definition) is 5. The van der Waals surface area contributed by atoms with Crippen molar-refractivity contribution in [3.05, 3.63) is 64.2 Å². The summed E-state index contributed by atoms with van der Waals surface area (Å²) in [6.07, 6.45) is 2.25. The molecule has 1 amide bonds. The number of piperidine rings is 1. The van der Waals surface area contributed by atoms with Gasteiger partial charge in [0, 0.05) is 72.1 Å². The Kier molecular flexibility index (Phi) is 5.89. The van der Waals surface area contributed by atoms with E-state index < -0.39 is 23.9 Å². The quantitative estimate of drug-likeness (QED) is 0.408. The molecule has 2 aliphatic rings. The van der Waals surface area contributed by atoms with Gasteiger partial charge in [0.15, 0.2) is 0 Å². The summed E-state index contributed by atoms with van der Waals surface area (Å²) in [6, 6.07) is 9.60. The summed E-state index contributed by atoms with van der Waals surface area (Å²) >= 11 is 0. The van der Waals surface area contributed by atoms with Crippen LogP contribution in [0.5, 0.6) is 0 Å². The Balaban J connectivity index is 1.40. The second kappa shape index (κ2) is 9.03. The molecular formula is C25H26N4O6. The van der Waals surface area contributed by atoms with Crippen molar-refractivity contribution in [1.29, 1.82) is 0 Å². The molecule has 1 saturated heterocycles. The summed E-state index contributed by atoms with van der Waals surface area (Å²) < 4.78 is 1.82. The van der Waals surface area contributed by atoms with Crippen molar-refractivity contribution in [2.45, 2.75) is 37.8 Å². The largest absolute Gasteiger partial charge is 0.481 e. The number of carbonyl (C=O) groups is 3. The number of nitrogens with one attached hydrogen (secondary N) is 2. The fraction of sp³-hybridized carbons (Fsp3) is 0.360. The third-order valence-corrected chi connectivity index (χ3v) is 6.97. The molecule has 2 aliphatic heterocycles. The number of benzene rings is 1. The number of anilines is 1. The van der Waals surface area contributed by atoms with Crippen LogP contribution in [0.4, 0.5) is 5.69 Å². The molecule has 10 heteroatoms. The predicted molar refractivity (Wildman–Crippen MR) is 127 cm³/mol. The van der Waals surface area contributed by atoms with E-state index in [-0.39, 0.29) is 30.2 Å². The number of amides is 1. The van der Waals surface area contributed by atoms with Crippen LogP contribution in [-0.2, 0) is 20.9 Å². The average Bonchev–Trinajstić information content (AvgIpc) is 3.21. The van der Waals surface area contributed by atoms with Crippen molar-refractivity contribution >= 4 is 34.4 Å². The van der Waals surface area contributed by atoms with Crippen LogP contribution in [0.1, 0.15) is 42.5 Å². The van der Waals surface area contributed by atoms with E-state index in [1.165, 1.54) is 0 Å². The molecule has 10 nitrogen and oxygen atoms in total. The fourth-order valence-electron chi connectivity index (χ4n) is 5.53. The lowest BCUT2D eigenvalue weighted by Gasteiger charge is -2.44. The molecule has 0 spiro atoms. The zero-order valence-electron chi connectivity index (χ0n) is 18.9. The standard InChI is InChI=1S/C25H26N4O6/c30-21(6-7-23(32)33)27-16-4-5-17-18(10-26-19(17)9-16)24(25(34)35)28-11-14-8-15(13-28)20-2-1-3-22(31)29(20)12-14/h1-5,9-10,14-15,24,26H,6-8,11-13H2,(H,27,30)(H,32,33)(H,34,35)/t14-,15-,24?/m1/s1. The fourth-order valence-corrected chi connectivity index (χ4v) is 5.53. The second-order valence-corrected chi connectivity index (χ2v) is 9.34. The molecule has 5 rings (SSSR count). The molecule has 3 aromatic rings. The first-order valence-electron chi connectivity index (χ1n) is 11.6. The van der Waals surface area contributed by atoms with Gasteiger partial charge in [-0.05, 0) is 30.5 Å². The third kappa shape index (κ3) is 4.44. The molecular weight excluding hydrogens is 452 g/mol. The highest BCUT2D eigenvalue weighted by atomic mass is 16.4. The zero-order valence-corrected chi connectivity index (χ0v) is 18.9. The first kappa shape index (κ1) is 22.9. The first-order valence-corrected chi connectivity index (χ1v) is 11.6. The number of nitrogens with zero attached hydrogens (tertiary/aromatic N) is 2. The Morgan fingerprint density at radius 2 is 1.91 bits per heavy atom. The number of aromatic amines is 1. The molecule has 4 N–H and O–H groups in total. The average molecular weight is 479 g/mol. The Bertz CT molecular complexity index is 1380. The Morgan fingerprint density at radius 1 is 1.09 bits per heavy atom. The topological polar surface area (TPSA) is 145 Å². The summed E-state index contributed by atoms with van der Waals surface area (Å²) in [7, 11) is 0. The molecule has 4 heterocycles. The van der Waals surface area contributed by atoms with Crippen LogP contribution in [0.2, 0.25) is 0 Å². The summed E-state index contributed by atoms with van der Waals surface area (Å²) in [4.78, 5) is 52.6. The molecule has 3 atom stereocenters. The van der Waals surface area contributed by atoms with Gasteiger partial charge in [0.25, 0.3) is 5.56 Å². The molecule has 2 aromatic heterocycles. The minimum absolute atomic E-state index is 0.0112. The van der Waals surface area contributed by atoms with Gasteiger partial charge in [0.1, 0.15) is 6.04 Å². The van der Waals surface area contributed by atoms with Crippen molar-refractivity contribution in [3.8, 4) is 0 Å². The lowest BCUT2D eigenvalue weighted by Crippen LogP contribution is -2.49. The molecule has 0 aliphatic carbocycles. The van der Waals surface area contributed by atoms with Crippen LogP contribution in [-0.4, -0.2) is 55.6 Å². The molecule has 35 heavy (non-hydrogen) atoms. The smallest absolute Gasteiger partial charge is 0.325 e. The van der Waals surface area contributed by atoms with E-state index >= 15 is 0 Å². The van der Waals surface area contributed by atoms with Crippen LogP contribution in [0.25, 0.3) is 10.9 Å². The summed E-state index contributed by atoms with van der Waals surface area (Å²) in [5.74, 6) is -2.10. The van der Waals surface area contributed by atoms with Gasteiger partial charge in [-0.3, -0.25) is 24.1 Å². The molecule has 1 fully saturated rings. The van der Waals surface area contributed by atoms with Gasteiger partial charge in [0.2, 0.25) is 5.91 Å². The molecule has 2 bridgehead atoms. The van der Waals surface area contributed by atoms with Gasteiger partial charge < -0.3 is 25.1 Å². The number of carboxylic acid groups (broad SMARTS) is 2. The highest BCUT2D eigenvalue weighted by molar-refractivity contribution is 5.96. The van der Waals surface area contributed by atoms with Crippen LogP contribution in [0.15, 0.2) is 47.4 Å². The summed E-state index contributed by atoms with van der Waals surface area (Å²) in [5.41, 5.74) is 2.77. The van der Waals surface area contributed by atoms with Crippen molar-refractivity contribution < 1.29 is 24.6 Å². The molecule has 182 valence electrons. The van der Waals surface area contributed by atoms with Crippen LogP contribution in [0, 0.1) is 5.92 Å². The van der Waals surface area contributed by atoms with E-state index in [4.69, 9.17) is 5.11 Å². The van der Waals surface area contributed by atoms with Crippen molar-refractivity contribution in [2.75, 3.05) is 18.4 Å². The zero-order chi connectivity index (χ0) is 24.7. The first-order chi connectivity index (χ1) is 16.8. The van der Waals surface area contributed by atoms with Crippen molar-refractivity contribution in [1.82, 2.24) is 14.5 Å². The maximum Gasteiger partial charge on any atom is 0.325 e. The number of rotatable bonds is 7. The Labute approximate surface area is 200 Å². The molecule has 0 saturated carbocycles. The highest BCUT2D eigenvalue weighted by Crippen LogP contribution is 2.39. The molecule has 1 unspecified atom stereocenters. The van der Waals surface area contributed by atoms with E-state index in [2.05, 4.69) is 10.3 Å². The van der Waals surface area contributed by atoms with E-state index in [9.17, 15) is 24.3 Å². The monoisotopic (exact) mass is 478 g/mol. The number of likely N-dealkylation sites (tertiary alicyclic amines) is 1. The number of H-pyrrole nitrogens is 1. The maximum atomic E-state index is 12.5. The SMILES string of the molecule is O=C(O)CCC(=O)Nc1ccc2c(C(C(=O)O)N3C[C@H]4C[C@H](C3)c3cccc(=O)n3C4)c[nH]c2c1. The number of aliphatic carboxylic acids is 2. The van der Waals surface area contributed by atoms with Crippen molar-refractivity contribution in [2.24, 2.45) is 5.92 Å². The van der Waals surface area contributed by atoms with Gasteiger partial charge in [-0.2, -0.15) is 0 Å². The number of carboxylic acids is 2. The number of pyridine rings is 1. The number of fused-ring (bicyclic) bond motifs is 5. The highest BCUT2D eigenvalue weighted by Gasteiger charge is 2.40. The predicted octanol–water partition coefficient (Wildman–Crippen LogP) is 2.38. The van der Waals surface area contributed by atoms with Crippen LogP contribution in [0.3, 0.4) is 0 Å². The van der Waals surface area contributed by atoms with E-state index in [0.29, 0.717) is 36.4 Å². The third-order valence-electron chi connectivity index (χ3n) is 6.97. The normalized spacial score (nSPS) is 20.2. The van der Waals surface area contributed by atoms with Gasteiger partial charge >= 0.3 is 11.9 Å². The van der Waals surface area contributed by atoms with E-state index in [1.54, 1.807) is 36.5 Å². The minimum Gasteiger partial charge on any atom is -0.481 e. The van der Waals surface area contributed by atoms with Gasteiger partial charge in [-0.1, -0.05) is 12.1 Å². The Morgan fingerprint density at radius 3 is 2.69 bits per heavy atom. The molecule has 1 aromatic carbocycles. The number of aromatic nitrogens is 2. The van der Waals surface area contributed by atoms with Gasteiger partial charge in [-0.15, -0.1) is 0 Å². The summed E-state index contributed by atoms with van der Waals surface area (Å²) in [5, 5.41) is 22.4. The van der Waals surface area contributed by atoms with Gasteiger partial charge in [-0.25, -0.2) is 0 Å². The van der Waals surface area contributed by atoms with Crippen molar-refractivity contribution in [3.63, 3.8) is 0 Å². The summed E-state index contributed by atoms with van der Waals surface area (Å²) in [6.45, 7) is 1.72. The van der Waals surface area contributed by atoms with Crippen LogP contribution < -0.4 is 10.9 Å². The lowest BCUT2D eigenvalue weighted by atomic mass is 9.82. The molecule has 0 radical (unpaired) electrons. The maximum absolute atomic E-state index is 12.5. The lowest BCUT2D eigenvalue weighted by molar-refractivity contribution is -0.145. The van der Waals surface area contributed by atoms with Crippen LogP contribution >= 0.6 is 0 Å². The number of hydrogen-bond donors (Lipinski definition) is 4. The minimum atomic E-state index is -1.04. The second-order valence-electron chi connectivity index (χ2n) is 9.34. The van der Waals surface area contributed by atoms with E-state index in [0.717, 1.165) is 17.5 Å². The van der Waals surface area contributed by atoms with Gasteiger partial charge in [0.05, 0.1) is 6.42 Å². The van der Waals surface area contributed by atoms with E-state index in [1.807, 2.05) is 15.5 Å².